The molecule has 0 spiro atoms. The predicted molar refractivity (Wildman–Crippen MR) is 76.9 cm³/mol. The standard InChI is InChI=1S/C15H29NO3/c1-3-5-6-7-8-9-10-11-13-19-15(18)14(17)16-12-4-2/h3-13H2,1-2H3,(H,16,17). The van der Waals surface area contributed by atoms with Crippen molar-refractivity contribution in [1.29, 1.82) is 0 Å². The molecule has 112 valence electrons. The van der Waals surface area contributed by atoms with Gasteiger partial charge in [0.2, 0.25) is 0 Å². The molecule has 0 aromatic rings. The molecule has 0 rings (SSSR count). The monoisotopic (exact) mass is 271 g/mol. The third-order valence-electron chi connectivity index (χ3n) is 2.95. The van der Waals surface area contributed by atoms with Crippen molar-refractivity contribution in [3.8, 4) is 0 Å². The van der Waals surface area contributed by atoms with Crippen molar-refractivity contribution in [2.45, 2.75) is 71.6 Å². The molecule has 0 aromatic heterocycles. The van der Waals surface area contributed by atoms with Crippen LogP contribution in [0.1, 0.15) is 71.6 Å². The van der Waals surface area contributed by atoms with Gasteiger partial charge in [-0.2, -0.15) is 0 Å². The SMILES string of the molecule is CCCCCCCCCCOC(=O)C(=O)NCCC. The van der Waals surface area contributed by atoms with E-state index in [1.807, 2.05) is 6.92 Å². The number of carbonyl (C=O) groups is 2. The molecule has 1 N–H and O–H groups in total. The summed E-state index contributed by atoms with van der Waals surface area (Å²) in [4.78, 5) is 22.4. The highest BCUT2D eigenvalue weighted by atomic mass is 16.5. The molecule has 4 nitrogen and oxygen atoms in total. The highest BCUT2D eigenvalue weighted by Gasteiger charge is 2.13. The van der Waals surface area contributed by atoms with Gasteiger partial charge in [0.25, 0.3) is 0 Å². The summed E-state index contributed by atoms with van der Waals surface area (Å²) in [7, 11) is 0. The lowest BCUT2D eigenvalue weighted by Gasteiger charge is -2.05. The van der Waals surface area contributed by atoms with Crippen molar-refractivity contribution in [2.24, 2.45) is 0 Å². The van der Waals surface area contributed by atoms with Crippen LogP contribution in [0.2, 0.25) is 0 Å². The molecule has 0 aliphatic heterocycles. The molecule has 0 aliphatic carbocycles. The highest BCUT2D eigenvalue weighted by molar-refractivity contribution is 6.32. The number of amides is 1. The van der Waals surface area contributed by atoms with Gasteiger partial charge in [-0.1, -0.05) is 58.8 Å². The first-order chi connectivity index (χ1) is 9.22. The van der Waals surface area contributed by atoms with Crippen LogP contribution in [0, 0.1) is 0 Å². The van der Waals surface area contributed by atoms with Gasteiger partial charge < -0.3 is 10.1 Å². The van der Waals surface area contributed by atoms with Crippen LogP contribution in [0.3, 0.4) is 0 Å². The maximum Gasteiger partial charge on any atom is 0.396 e. The van der Waals surface area contributed by atoms with Crippen LogP contribution in [0.4, 0.5) is 0 Å². The highest BCUT2D eigenvalue weighted by Crippen LogP contribution is 2.08. The zero-order chi connectivity index (χ0) is 14.3. The summed E-state index contributed by atoms with van der Waals surface area (Å²) >= 11 is 0. The number of esters is 1. The second kappa shape index (κ2) is 13.4. The fraction of sp³-hybridized carbons (Fsp3) is 0.867. The molecule has 4 heteroatoms. The van der Waals surface area contributed by atoms with Crippen LogP contribution in [0.25, 0.3) is 0 Å². The van der Waals surface area contributed by atoms with Gasteiger partial charge >= 0.3 is 11.9 Å². The van der Waals surface area contributed by atoms with E-state index in [0.717, 1.165) is 19.3 Å². The second-order valence-corrected chi connectivity index (χ2v) is 4.87. The molecule has 0 fully saturated rings. The lowest BCUT2D eigenvalue weighted by Crippen LogP contribution is -2.33. The van der Waals surface area contributed by atoms with Gasteiger partial charge in [-0.3, -0.25) is 4.79 Å². The largest absolute Gasteiger partial charge is 0.459 e. The number of nitrogens with one attached hydrogen (secondary N) is 1. The van der Waals surface area contributed by atoms with Crippen LogP contribution < -0.4 is 5.32 Å². The molecule has 0 radical (unpaired) electrons. The Balaban J connectivity index is 3.29. The molecule has 0 unspecified atom stereocenters. The van der Waals surface area contributed by atoms with Gasteiger partial charge in [0.15, 0.2) is 0 Å². The summed E-state index contributed by atoms with van der Waals surface area (Å²) in [6, 6.07) is 0. The Morgan fingerprint density at radius 3 is 2.00 bits per heavy atom. The van der Waals surface area contributed by atoms with E-state index in [-0.39, 0.29) is 0 Å². The quantitative estimate of drug-likeness (QED) is 0.357. The van der Waals surface area contributed by atoms with E-state index >= 15 is 0 Å². The summed E-state index contributed by atoms with van der Waals surface area (Å²) in [5, 5.41) is 2.50. The van der Waals surface area contributed by atoms with Gasteiger partial charge in [0, 0.05) is 6.54 Å². The molecular formula is C15H29NO3. The molecule has 0 bridgehead atoms. The number of hydrogen-bond donors (Lipinski definition) is 1. The molecule has 1 amide bonds. The molecule has 0 heterocycles. The predicted octanol–water partition coefficient (Wildman–Crippen LogP) is 3.20. The minimum absolute atomic E-state index is 0.355. The zero-order valence-corrected chi connectivity index (χ0v) is 12.5. The number of carbonyl (C=O) groups excluding carboxylic acids is 2. The Morgan fingerprint density at radius 1 is 0.842 bits per heavy atom. The third kappa shape index (κ3) is 11.7. The van der Waals surface area contributed by atoms with Crippen LogP contribution in [-0.2, 0) is 14.3 Å². The average molecular weight is 271 g/mol. The van der Waals surface area contributed by atoms with E-state index in [4.69, 9.17) is 4.74 Å². The van der Waals surface area contributed by atoms with Gasteiger partial charge in [-0.25, -0.2) is 4.79 Å². The molecule has 19 heavy (non-hydrogen) atoms. The first-order valence-electron chi connectivity index (χ1n) is 7.67. The van der Waals surface area contributed by atoms with Gasteiger partial charge in [0.1, 0.15) is 0 Å². The van der Waals surface area contributed by atoms with E-state index in [2.05, 4.69) is 12.2 Å². The number of ether oxygens (including phenoxy) is 1. The average Bonchev–Trinajstić information content (AvgIpc) is 2.42. The molecule has 0 aromatic carbocycles. The Kier molecular flexibility index (Phi) is 12.6. The number of unbranched alkanes of at least 4 members (excludes halogenated alkanes) is 7. The minimum atomic E-state index is -0.753. The first-order valence-corrected chi connectivity index (χ1v) is 7.67. The van der Waals surface area contributed by atoms with Crippen LogP contribution in [0.5, 0.6) is 0 Å². The molecular weight excluding hydrogens is 242 g/mol. The molecule has 0 saturated carbocycles. The van der Waals surface area contributed by atoms with Crippen molar-refractivity contribution < 1.29 is 14.3 Å². The van der Waals surface area contributed by atoms with Gasteiger partial charge in [0.05, 0.1) is 6.61 Å². The molecule has 0 saturated heterocycles. The maximum absolute atomic E-state index is 11.2. The number of rotatable bonds is 11. The fourth-order valence-electron chi connectivity index (χ4n) is 1.78. The number of hydrogen-bond acceptors (Lipinski definition) is 3. The minimum Gasteiger partial charge on any atom is -0.459 e. The zero-order valence-electron chi connectivity index (χ0n) is 12.5. The maximum atomic E-state index is 11.2. The smallest absolute Gasteiger partial charge is 0.396 e. The third-order valence-corrected chi connectivity index (χ3v) is 2.95. The van der Waals surface area contributed by atoms with Crippen molar-refractivity contribution in [1.82, 2.24) is 5.32 Å². The lowest BCUT2D eigenvalue weighted by molar-refractivity contribution is -0.155. The normalized spacial score (nSPS) is 10.2. The summed E-state index contributed by atoms with van der Waals surface area (Å²) in [5.74, 6) is -1.38. The topological polar surface area (TPSA) is 55.4 Å². The summed E-state index contributed by atoms with van der Waals surface area (Å²) in [5.41, 5.74) is 0. The van der Waals surface area contributed by atoms with E-state index in [1.54, 1.807) is 0 Å². The fourth-order valence-corrected chi connectivity index (χ4v) is 1.78. The Bertz CT molecular complexity index is 242. The van der Waals surface area contributed by atoms with Crippen LogP contribution in [0.15, 0.2) is 0 Å². The van der Waals surface area contributed by atoms with Crippen molar-refractivity contribution in [3.05, 3.63) is 0 Å². The van der Waals surface area contributed by atoms with Crippen molar-refractivity contribution >= 4 is 11.9 Å². The van der Waals surface area contributed by atoms with Crippen molar-refractivity contribution in [2.75, 3.05) is 13.2 Å². The summed E-state index contributed by atoms with van der Waals surface area (Å²) < 4.78 is 4.89. The van der Waals surface area contributed by atoms with Crippen molar-refractivity contribution in [3.63, 3.8) is 0 Å². The van der Waals surface area contributed by atoms with E-state index < -0.39 is 11.9 Å². The van der Waals surface area contributed by atoms with Gasteiger partial charge in [-0.05, 0) is 12.8 Å². The lowest BCUT2D eigenvalue weighted by atomic mass is 10.1. The van der Waals surface area contributed by atoms with Crippen LogP contribution in [-0.4, -0.2) is 25.0 Å². The molecule has 0 aliphatic rings. The second-order valence-electron chi connectivity index (χ2n) is 4.87. The Hall–Kier alpha value is -1.06. The van der Waals surface area contributed by atoms with E-state index in [1.165, 1.54) is 38.5 Å². The van der Waals surface area contributed by atoms with Crippen LogP contribution >= 0.6 is 0 Å². The van der Waals surface area contributed by atoms with E-state index in [0.29, 0.717) is 13.2 Å². The Morgan fingerprint density at radius 2 is 1.42 bits per heavy atom. The first kappa shape index (κ1) is 17.9. The van der Waals surface area contributed by atoms with Gasteiger partial charge in [-0.15, -0.1) is 0 Å². The summed E-state index contributed by atoms with van der Waals surface area (Å²) in [6.07, 6.45) is 10.4. The van der Waals surface area contributed by atoms with E-state index in [9.17, 15) is 9.59 Å². The Labute approximate surface area is 117 Å². The molecule has 0 atom stereocenters. The summed E-state index contributed by atoms with van der Waals surface area (Å²) in [6.45, 7) is 5.02.